The Morgan fingerprint density at radius 2 is 1.42 bits per heavy atom. The standard InChI is InChI=1S/C18H29O5P/c1-11(24(20,21)22)15(19)12-9-13(17(2,3)4)16(23-8)14(10-12)18(5,6)7/h9-11H,1-8H3,(H2,20,21,22). The van der Waals surface area contributed by atoms with Gasteiger partial charge in [-0.05, 0) is 29.9 Å². The second kappa shape index (κ2) is 6.62. The molecule has 0 aliphatic heterocycles. The van der Waals surface area contributed by atoms with Crippen LogP contribution in [0, 0.1) is 0 Å². The summed E-state index contributed by atoms with van der Waals surface area (Å²) >= 11 is 0. The highest BCUT2D eigenvalue weighted by molar-refractivity contribution is 7.53. The largest absolute Gasteiger partial charge is 0.496 e. The fourth-order valence-electron chi connectivity index (χ4n) is 2.50. The molecule has 1 rings (SSSR count). The van der Waals surface area contributed by atoms with Crippen LogP contribution in [0.15, 0.2) is 12.1 Å². The number of Topliss-reactive ketones (excluding diaryl/α,β-unsaturated/α-hetero) is 1. The van der Waals surface area contributed by atoms with Crippen LogP contribution in [0.1, 0.15) is 70.0 Å². The molecule has 0 saturated carbocycles. The van der Waals surface area contributed by atoms with Crippen LogP contribution in [0.25, 0.3) is 0 Å². The molecule has 1 aromatic rings. The van der Waals surface area contributed by atoms with Gasteiger partial charge in [0, 0.05) is 16.7 Å². The summed E-state index contributed by atoms with van der Waals surface area (Å²) in [4.78, 5) is 31.3. The van der Waals surface area contributed by atoms with Gasteiger partial charge in [-0.25, -0.2) is 0 Å². The number of ether oxygens (including phenoxy) is 1. The lowest BCUT2D eigenvalue weighted by Crippen LogP contribution is -2.23. The van der Waals surface area contributed by atoms with Crippen molar-refractivity contribution < 1.29 is 23.9 Å². The molecule has 0 amide bonds. The van der Waals surface area contributed by atoms with E-state index in [2.05, 4.69) is 0 Å². The highest BCUT2D eigenvalue weighted by Crippen LogP contribution is 2.45. The lowest BCUT2D eigenvalue weighted by molar-refractivity contribution is 0.0983. The van der Waals surface area contributed by atoms with Crippen LogP contribution in [-0.4, -0.2) is 28.3 Å². The average molecular weight is 356 g/mol. The molecule has 0 aliphatic rings. The maximum Gasteiger partial charge on any atom is 0.336 e. The first kappa shape index (κ1) is 20.9. The van der Waals surface area contributed by atoms with Crippen molar-refractivity contribution in [3.8, 4) is 5.75 Å². The van der Waals surface area contributed by atoms with Crippen LogP contribution in [0.3, 0.4) is 0 Å². The zero-order valence-corrected chi connectivity index (χ0v) is 16.7. The molecule has 2 N–H and O–H groups in total. The van der Waals surface area contributed by atoms with E-state index in [0.717, 1.165) is 16.9 Å². The maximum atomic E-state index is 12.6. The summed E-state index contributed by atoms with van der Waals surface area (Å²) in [5, 5.41) is 0. The normalized spacial score (nSPS) is 14.4. The Kier molecular flexibility index (Phi) is 5.76. The van der Waals surface area contributed by atoms with Crippen molar-refractivity contribution in [2.24, 2.45) is 0 Å². The summed E-state index contributed by atoms with van der Waals surface area (Å²) in [6.07, 6.45) is 0. The minimum Gasteiger partial charge on any atom is -0.496 e. The number of hydrogen-bond donors (Lipinski definition) is 2. The predicted molar refractivity (Wildman–Crippen MR) is 96.2 cm³/mol. The van der Waals surface area contributed by atoms with Crippen molar-refractivity contribution >= 4 is 13.4 Å². The first-order valence-corrected chi connectivity index (χ1v) is 9.61. The van der Waals surface area contributed by atoms with Crippen LogP contribution in [0.5, 0.6) is 5.75 Å². The molecule has 0 radical (unpaired) electrons. The third-order valence-electron chi connectivity index (χ3n) is 4.08. The number of hydrogen-bond acceptors (Lipinski definition) is 3. The Bertz CT molecular complexity index is 639. The van der Waals surface area contributed by atoms with E-state index in [4.69, 9.17) is 4.74 Å². The molecule has 0 fully saturated rings. The van der Waals surface area contributed by atoms with E-state index < -0.39 is 19.0 Å². The molecule has 0 aliphatic carbocycles. The van der Waals surface area contributed by atoms with Crippen molar-refractivity contribution in [3.05, 3.63) is 28.8 Å². The molecule has 0 aromatic heterocycles. The highest BCUT2D eigenvalue weighted by atomic mass is 31.2. The Hall–Kier alpha value is -1.16. The monoisotopic (exact) mass is 356 g/mol. The number of methoxy groups -OCH3 is 1. The number of rotatable bonds is 4. The summed E-state index contributed by atoms with van der Waals surface area (Å²) in [7, 11) is -2.89. The van der Waals surface area contributed by atoms with Gasteiger partial charge in [-0.3, -0.25) is 9.36 Å². The van der Waals surface area contributed by atoms with Gasteiger partial charge in [0.15, 0.2) is 5.78 Å². The first-order chi connectivity index (χ1) is 10.6. The molecule has 6 heteroatoms. The van der Waals surface area contributed by atoms with Crippen LogP contribution in [0.2, 0.25) is 0 Å². The maximum absolute atomic E-state index is 12.6. The summed E-state index contributed by atoms with van der Waals surface area (Å²) in [6.45, 7) is 13.3. The smallest absolute Gasteiger partial charge is 0.336 e. The van der Waals surface area contributed by atoms with Gasteiger partial charge < -0.3 is 14.5 Å². The van der Waals surface area contributed by atoms with Crippen molar-refractivity contribution in [1.82, 2.24) is 0 Å². The van der Waals surface area contributed by atoms with Gasteiger partial charge in [0.05, 0.1) is 7.11 Å². The zero-order valence-electron chi connectivity index (χ0n) is 15.8. The van der Waals surface area contributed by atoms with E-state index in [-0.39, 0.29) is 10.8 Å². The summed E-state index contributed by atoms with van der Waals surface area (Å²) < 4.78 is 17.1. The number of benzene rings is 1. The fourth-order valence-corrected chi connectivity index (χ4v) is 2.95. The van der Waals surface area contributed by atoms with E-state index in [9.17, 15) is 19.1 Å². The van der Waals surface area contributed by atoms with E-state index >= 15 is 0 Å². The fraction of sp³-hybridized carbons (Fsp3) is 0.611. The third kappa shape index (κ3) is 4.47. The van der Waals surface area contributed by atoms with Crippen molar-refractivity contribution in [2.45, 2.75) is 65.0 Å². The Morgan fingerprint density at radius 3 is 1.67 bits per heavy atom. The van der Waals surface area contributed by atoms with Gasteiger partial charge in [0.25, 0.3) is 0 Å². The van der Waals surface area contributed by atoms with Crippen LogP contribution in [0.4, 0.5) is 0 Å². The minimum atomic E-state index is -4.49. The molecular formula is C18H29O5P. The van der Waals surface area contributed by atoms with E-state index in [0.29, 0.717) is 5.56 Å². The Balaban J connectivity index is 3.71. The van der Waals surface area contributed by atoms with Crippen molar-refractivity contribution in [1.29, 1.82) is 0 Å². The second-order valence-electron chi connectivity index (χ2n) is 8.23. The summed E-state index contributed by atoms with van der Waals surface area (Å²) in [6, 6.07) is 3.39. The van der Waals surface area contributed by atoms with Crippen molar-refractivity contribution in [2.75, 3.05) is 7.11 Å². The zero-order chi connectivity index (χ0) is 19.1. The second-order valence-corrected chi connectivity index (χ2v) is 10.2. The molecule has 1 unspecified atom stereocenters. The Labute approximate surface area is 144 Å². The summed E-state index contributed by atoms with van der Waals surface area (Å²) in [5.41, 5.74) is 0.0605. The average Bonchev–Trinajstić information content (AvgIpc) is 2.41. The first-order valence-electron chi connectivity index (χ1n) is 7.93. The minimum absolute atomic E-state index is 0.285. The van der Waals surface area contributed by atoms with Crippen molar-refractivity contribution in [3.63, 3.8) is 0 Å². The molecule has 0 heterocycles. The number of carbonyl (C=O) groups is 1. The Morgan fingerprint density at radius 1 is 1.04 bits per heavy atom. The molecule has 136 valence electrons. The van der Waals surface area contributed by atoms with E-state index in [1.54, 1.807) is 19.2 Å². The molecule has 0 spiro atoms. The van der Waals surface area contributed by atoms with Crippen LogP contribution < -0.4 is 4.74 Å². The van der Waals surface area contributed by atoms with Gasteiger partial charge in [0.1, 0.15) is 11.4 Å². The molecule has 24 heavy (non-hydrogen) atoms. The van der Waals surface area contributed by atoms with E-state index in [1.165, 1.54) is 6.92 Å². The summed E-state index contributed by atoms with van der Waals surface area (Å²) in [5.74, 6) is 0.164. The lowest BCUT2D eigenvalue weighted by atomic mass is 9.78. The van der Waals surface area contributed by atoms with Crippen LogP contribution in [-0.2, 0) is 15.4 Å². The highest BCUT2D eigenvalue weighted by Gasteiger charge is 2.34. The van der Waals surface area contributed by atoms with E-state index in [1.807, 2.05) is 41.5 Å². The molecule has 1 atom stereocenters. The molecule has 1 aromatic carbocycles. The lowest BCUT2D eigenvalue weighted by Gasteiger charge is -2.30. The SMILES string of the molecule is COc1c(C(C)(C)C)cc(C(=O)C(C)P(=O)(O)O)cc1C(C)(C)C. The topological polar surface area (TPSA) is 83.8 Å². The van der Waals surface area contributed by atoms with Gasteiger partial charge in [0.2, 0.25) is 0 Å². The predicted octanol–water partition coefficient (Wildman–Crippen LogP) is 4.04. The third-order valence-corrected chi connectivity index (χ3v) is 5.32. The molecule has 5 nitrogen and oxygen atoms in total. The van der Waals surface area contributed by atoms with Gasteiger partial charge in [-0.15, -0.1) is 0 Å². The van der Waals surface area contributed by atoms with Crippen LogP contribution >= 0.6 is 7.60 Å². The molecular weight excluding hydrogens is 327 g/mol. The number of carbonyl (C=O) groups excluding carboxylic acids is 1. The molecule has 0 bridgehead atoms. The quantitative estimate of drug-likeness (QED) is 0.628. The van der Waals surface area contributed by atoms with Gasteiger partial charge in [-0.2, -0.15) is 0 Å². The number of ketones is 1. The van der Waals surface area contributed by atoms with Gasteiger partial charge in [-0.1, -0.05) is 41.5 Å². The molecule has 0 saturated heterocycles. The van der Waals surface area contributed by atoms with Gasteiger partial charge >= 0.3 is 7.60 Å².